The van der Waals surface area contributed by atoms with Crippen LogP contribution in [-0.2, 0) is 14.9 Å². The molecule has 2 N–H and O–H groups in total. The Morgan fingerprint density at radius 1 is 1.32 bits per heavy atom. The summed E-state index contributed by atoms with van der Waals surface area (Å²) in [5.41, 5.74) is 1.36. The molecular weight excluding hydrogens is 498 g/mol. The number of nitrogens with zero attached hydrogens (tertiary/aromatic N) is 3. The number of urea groups is 1. The number of amides is 4. The Morgan fingerprint density at radius 3 is 2.91 bits per heavy atom. The van der Waals surface area contributed by atoms with Crippen LogP contribution < -0.4 is 15.5 Å². The van der Waals surface area contributed by atoms with E-state index in [9.17, 15) is 14.4 Å². The van der Waals surface area contributed by atoms with Gasteiger partial charge in [0.25, 0.3) is 0 Å². The van der Waals surface area contributed by atoms with Crippen LogP contribution in [0.1, 0.15) is 24.8 Å². The molecule has 3 heterocycles. The standard InChI is InChI=1S/C22H26ClN5O4S2/c1-24-17(29)4-3-9-33-18-11-25-19(34-18)26-20(30)28-13-22(7-8-27(12-22)21(31)32-2)15-10-14(23)5-6-16(15)28/h5-6,10-11H,3-4,7-9,12-13H2,1-2H3,(H,24,29)(H,25,26,30). The summed E-state index contributed by atoms with van der Waals surface area (Å²) >= 11 is 9.30. The highest BCUT2D eigenvalue weighted by Gasteiger charge is 2.50. The van der Waals surface area contributed by atoms with E-state index in [1.807, 2.05) is 12.1 Å². The Morgan fingerprint density at radius 2 is 2.15 bits per heavy atom. The number of thioether (sulfide) groups is 1. The lowest BCUT2D eigenvalue weighted by molar-refractivity contribution is -0.120. The molecule has 0 radical (unpaired) electrons. The monoisotopic (exact) mass is 523 g/mol. The molecule has 1 aromatic heterocycles. The second-order valence-electron chi connectivity index (χ2n) is 8.21. The maximum Gasteiger partial charge on any atom is 0.409 e. The normalized spacial score (nSPS) is 18.8. The predicted octanol–water partition coefficient (Wildman–Crippen LogP) is 4.18. The molecule has 182 valence electrons. The zero-order chi connectivity index (χ0) is 24.3. The molecule has 34 heavy (non-hydrogen) atoms. The number of carbonyl (C=O) groups is 3. The van der Waals surface area contributed by atoms with Crippen molar-refractivity contribution in [2.45, 2.75) is 28.9 Å². The summed E-state index contributed by atoms with van der Waals surface area (Å²) in [6, 6.07) is 5.23. The Hall–Kier alpha value is -2.50. The molecular formula is C22H26ClN5O4S2. The van der Waals surface area contributed by atoms with Gasteiger partial charge in [0.15, 0.2) is 5.13 Å². The Labute approximate surface area is 211 Å². The molecule has 0 bridgehead atoms. The Bertz CT molecular complexity index is 1100. The van der Waals surface area contributed by atoms with Gasteiger partial charge in [0, 0.05) is 49.2 Å². The van der Waals surface area contributed by atoms with Gasteiger partial charge in [0.2, 0.25) is 5.91 Å². The minimum absolute atomic E-state index is 0.0276. The number of rotatable bonds is 6. The minimum atomic E-state index is -0.388. The second kappa shape index (κ2) is 10.4. The summed E-state index contributed by atoms with van der Waals surface area (Å²) in [4.78, 5) is 44.4. The van der Waals surface area contributed by atoms with Crippen LogP contribution in [0, 0.1) is 0 Å². The lowest BCUT2D eigenvalue weighted by atomic mass is 9.81. The molecule has 4 amide bonds. The Balaban J connectivity index is 1.43. The fourth-order valence-electron chi connectivity index (χ4n) is 4.40. The summed E-state index contributed by atoms with van der Waals surface area (Å²) in [7, 11) is 3.00. The van der Waals surface area contributed by atoms with Gasteiger partial charge in [-0.1, -0.05) is 22.9 Å². The zero-order valence-corrected chi connectivity index (χ0v) is 21.3. The van der Waals surface area contributed by atoms with Crippen molar-refractivity contribution < 1.29 is 19.1 Å². The lowest BCUT2D eigenvalue weighted by Crippen LogP contribution is -2.41. The summed E-state index contributed by atoms with van der Waals surface area (Å²) in [5.74, 6) is 0.822. The molecule has 2 aromatic rings. The lowest BCUT2D eigenvalue weighted by Gasteiger charge is -2.25. The maximum absolute atomic E-state index is 13.2. The smallest absolute Gasteiger partial charge is 0.409 e. The summed E-state index contributed by atoms with van der Waals surface area (Å²) in [6.45, 7) is 1.46. The SMILES string of the molecule is CNC(=O)CCCSc1cnc(NC(=O)N2CC3(CCN(C(=O)OC)C3)c3cc(Cl)ccc32)s1. The third-order valence-electron chi connectivity index (χ3n) is 6.08. The number of nitrogens with one attached hydrogen (secondary N) is 2. The van der Waals surface area contributed by atoms with E-state index < -0.39 is 0 Å². The van der Waals surface area contributed by atoms with Crippen molar-refractivity contribution in [3.05, 3.63) is 35.0 Å². The van der Waals surface area contributed by atoms with E-state index in [-0.39, 0.29) is 23.4 Å². The molecule has 12 heteroatoms. The number of halogens is 1. The van der Waals surface area contributed by atoms with Crippen LogP contribution >= 0.6 is 34.7 Å². The largest absolute Gasteiger partial charge is 0.453 e. The van der Waals surface area contributed by atoms with E-state index in [1.165, 1.54) is 18.4 Å². The van der Waals surface area contributed by atoms with Gasteiger partial charge in [-0.25, -0.2) is 14.6 Å². The van der Waals surface area contributed by atoms with Crippen LogP contribution in [0.5, 0.6) is 0 Å². The predicted molar refractivity (Wildman–Crippen MR) is 134 cm³/mol. The van der Waals surface area contributed by atoms with Gasteiger partial charge in [-0.05, 0) is 42.4 Å². The highest BCUT2D eigenvalue weighted by Crippen LogP contribution is 2.47. The van der Waals surface area contributed by atoms with E-state index in [2.05, 4.69) is 15.6 Å². The second-order valence-corrected chi connectivity index (χ2v) is 11.1. The molecule has 2 aliphatic heterocycles. The van der Waals surface area contributed by atoms with Crippen molar-refractivity contribution in [3.63, 3.8) is 0 Å². The van der Waals surface area contributed by atoms with Crippen LogP contribution in [0.15, 0.2) is 28.6 Å². The van der Waals surface area contributed by atoms with E-state index >= 15 is 0 Å². The molecule has 2 aliphatic rings. The average molecular weight is 524 g/mol. The topological polar surface area (TPSA) is 104 Å². The quantitative estimate of drug-likeness (QED) is 0.435. The van der Waals surface area contributed by atoms with E-state index in [1.54, 1.807) is 40.9 Å². The number of carbonyl (C=O) groups excluding carboxylic acids is 3. The van der Waals surface area contributed by atoms with Crippen molar-refractivity contribution in [3.8, 4) is 0 Å². The van der Waals surface area contributed by atoms with E-state index in [4.69, 9.17) is 16.3 Å². The molecule has 1 spiro atoms. The zero-order valence-electron chi connectivity index (χ0n) is 18.9. The first-order chi connectivity index (χ1) is 16.3. The highest BCUT2D eigenvalue weighted by molar-refractivity contribution is 8.01. The van der Waals surface area contributed by atoms with Crippen molar-refractivity contribution >= 4 is 63.6 Å². The third-order valence-corrected chi connectivity index (χ3v) is 8.51. The number of aromatic nitrogens is 1. The van der Waals surface area contributed by atoms with Crippen molar-refractivity contribution in [2.75, 3.05) is 49.8 Å². The van der Waals surface area contributed by atoms with Crippen molar-refractivity contribution in [1.29, 1.82) is 0 Å². The van der Waals surface area contributed by atoms with Crippen LogP contribution in [0.25, 0.3) is 0 Å². The van der Waals surface area contributed by atoms with Crippen LogP contribution in [0.4, 0.5) is 20.4 Å². The molecule has 4 rings (SSSR count). The van der Waals surface area contributed by atoms with Crippen LogP contribution in [0.2, 0.25) is 5.02 Å². The summed E-state index contributed by atoms with van der Waals surface area (Å²) < 4.78 is 5.87. The van der Waals surface area contributed by atoms with Crippen LogP contribution in [0.3, 0.4) is 0 Å². The molecule has 1 atom stereocenters. The molecule has 1 aromatic carbocycles. The first-order valence-electron chi connectivity index (χ1n) is 10.9. The number of hydrogen-bond donors (Lipinski definition) is 2. The van der Waals surface area contributed by atoms with Gasteiger partial charge in [-0.15, -0.1) is 11.8 Å². The number of benzene rings is 1. The average Bonchev–Trinajstić information content (AvgIpc) is 3.54. The van der Waals surface area contributed by atoms with E-state index in [0.29, 0.717) is 42.6 Å². The number of ether oxygens (including phenoxy) is 1. The molecule has 1 saturated heterocycles. The number of hydrogen-bond acceptors (Lipinski definition) is 7. The fourth-order valence-corrected chi connectivity index (χ4v) is 6.45. The number of methoxy groups -OCH3 is 1. The molecule has 1 fully saturated rings. The summed E-state index contributed by atoms with van der Waals surface area (Å²) in [6.07, 6.45) is 3.33. The number of thiazole rings is 1. The third kappa shape index (κ3) is 5.11. The van der Waals surface area contributed by atoms with Gasteiger partial charge in [0.1, 0.15) is 0 Å². The van der Waals surface area contributed by atoms with E-state index in [0.717, 1.165) is 27.6 Å². The van der Waals surface area contributed by atoms with Crippen LogP contribution in [-0.4, -0.2) is 67.5 Å². The van der Waals surface area contributed by atoms with Crippen molar-refractivity contribution in [1.82, 2.24) is 15.2 Å². The molecule has 9 nitrogen and oxygen atoms in total. The van der Waals surface area contributed by atoms with Gasteiger partial charge in [0.05, 0.1) is 17.5 Å². The first-order valence-corrected chi connectivity index (χ1v) is 13.0. The first kappa shape index (κ1) is 24.6. The van der Waals surface area contributed by atoms with Gasteiger partial charge >= 0.3 is 12.1 Å². The highest BCUT2D eigenvalue weighted by atomic mass is 35.5. The minimum Gasteiger partial charge on any atom is -0.453 e. The number of likely N-dealkylation sites (tertiary alicyclic amines) is 1. The molecule has 1 unspecified atom stereocenters. The van der Waals surface area contributed by atoms with Gasteiger partial charge in [-0.3, -0.25) is 15.0 Å². The number of fused-ring (bicyclic) bond motifs is 2. The molecule has 0 saturated carbocycles. The number of anilines is 2. The Kier molecular flexibility index (Phi) is 7.54. The maximum atomic E-state index is 13.2. The molecule has 0 aliphatic carbocycles. The summed E-state index contributed by atoms with van der Waals surface area (Å²) in [5, 5.41) is 6.62. The fraction of sp³-hybridized carbons (Fsp3) is 0.455. The van der Waals surface area contributed by atoms with Gasteiger partial charge < -0.3 is 15.0 Å². The van der Waals surface area contributed by atoms with Gasteiger partial charge in [-0.2, -0.15) is 0 Å². The van der Waals surface area contributed by atoms with Crippen molar-refractivity contribution in [2.24, 2.45) is 0 Å².